The molecule has 0 unspecified atom stereocenters. The van der Waals surface area contributed by atoms with Gasteiger partial charge in [0.15, 0.2) is 0 Å². The SMILES string of the molecule is N.N.N.N.N.N.O=[N+]([O-])[Ru]([N+](=O)[O-])[N+](=O)[O-]. The van der Waals surface area contributed by atoms with Gasteiger partial charge in [-0.15, -0.1) is 0 Å². The molecular weight excluding hydrogens is 323 g/mol. The van der Waals surface area contributed by atoms with Gasteiger partial charge in [-0.25, -0.2) is 0 Å². The quantitative estimate of drug-likeness (QED) is 0.226. The van der Waals surface area contributed by atoms with Crippen LogP contribution in [0, 0.1) is 30.3 Å². The monoisotopic (exact) mass is 342 g/mol. The molecule has 0 aliphatic heterocycles. The Morgan fingerprint density at radius 3 is 0.688 bits per heavy atom. The third-order valence-electron chi connectivity index (χ3n) is 0.346. The second-order valence-electron chi connectivity index (χ2n) is 0.823. The first-order chi connectivity index (χ1) is 4.46. The van der Waals surface area contributed by atoms with Crippen LogP contribution < -0.4 is 36.9 Å². The van der Waals surface area contributed by atoms with E-state index in [1.54, 1.807) is 0 Å². The molecule has 16 heavy (non-hydrogen) atoms. The Bertz CT molecular complexity index is 159. The van der Waals surface area contributed by atoms with Crippen molar-refractivity contribution < 1.29 is 27.7 Å². The third kappa shape index (κ3) is 15.1. The van der Waals surface area contributed by atoms with E-state index in [0.29, 0.717) is 0 Å². The molecule has 18 N–H and O–H groups in total. The van der Waals surface area contributed by atoms with Gasteiger partial charge >= 0.3 is 58.0 Å². The second-order valence-corrected chi connectivity index (χ2v) is 3.77. The standard InChI is InChI=1S/3NO2.6H3N.Ru/c3*2-1-3;;;;;;;/h;;;6*1H3;. The molecule has 0 saturated carbocycles. The van der Waals surface area contributed by atoms with Gasteiger partial charge in [0.25, 0.3) is 0 Å². The average Bonchev–Trinajstić information content (AvgIpc) is 1.59. The zero-order valence-corrected chi connectivity index (χ0v) is 10.1. The topological polar surface area (TPSA) is 339 Å². The first-order valence-corrected chi connectivity index (χ1v) is 3.90. The fourth-order valence-electron chi connectivity index (χ4n) is 0.141. The average molecular weight is 341 g/mol. The summed E-state index contributed by atoms with van der Waals surface area (Å²) in [5, 5.41) is 28.7. The molecule has 0 radical (unpaired) electrons. The van der Waals surface area contributed by atoms with Gasteiger partial charge in [0.05, 0.1) is 0 Å². The Hall–Kier alpha value is -1.42. The fourth-order valence-corrected chi connectivity index (χ4v) is 0.837. The van der Waals surface area contributed by atoms with Crippen LogP contribution in [0.4, 0.5) is 0 Å². The first kappa shape index (κ1) is 46.8. The van der Waals surface area contributed by atoms with E-state index in [1.165, 1.54) is 0 Å². The van der Waals surface area contributed by atoms with Gasteiger partial charge in [0.2, 0.25) is 0 Å². The number of hydrogen-bond donors (Lipinski definition) is 6. The van der Waals surface area contributed by atoms with Crippen LogP contribution in [0.1, 0.15) is 0 Å². The van der Waals surface area contributed by atoms with E-state index in [0.717, 1.165) is 0 Å². The van der Waals surface area contributed by atoms with Crippen LogP contribution in [0.3, 0.4) is 0 Å². The number of nitro groups is 3. The van der Waals surface area contributed by atoms with Crippen LogP contribution in [-0.4, -0.2) is 11.0 Å². The Balaban J connectivity index is -0.0000000270. The fraction of sp³-hybridized carbons (Fsp3) is 0. The summed E-state index contributed by atoms with van der Waals surface area (Å²) in [5.74, 6) is 0. The molecule has 0 bridgehead atoms. The molecule has 0 amide bonds. The second kappa shape index (κ2) is 19.2. The van der Waals surface area contributed by atoms with Gasteiger partial charge in [0, 0.05) is 0 Å². The zero-order chi connectivity index (χ0) is 8.31. The third-order valence-corrected chi connectivity index (χ3v) is 2.05. The van der Waals surface area contributed by atoms with E-state index in [2.05, 4.69) is 0 Å². The van der Waals surface area contributed by atoms with Gasteiger partial charge < -0.3 is 36.9 Å². The van der Waals surface area contributed by atoms with E-state index < -0.39 is 27.7 Å². The molecule has 0 aromatic rings. The maximum atomic E-state index is 9.57. The molecule has 0 aliphatic carbocycles. The minimum absolute atomic E-state index is 0. The van der Waals surface area contributed by atoms with Gasteiger partial charge in [-0.2, -0.15) is 0 Å². The summed E-state index contributed by atoms with van der Waals surface area (Å²) in [5.41, 5.74) is 0. The molecule has 0 aromatic carbocycles. The van der Waals surface area contributed by atoms with Crippen molar-refractivity contribution >= 4 is 0 Å². The van der Waals surface area contributed by atoms with E-state index in [1.807, 2.05) is 0 Å². The molecule has 16 heteroatoms. The Kier molecular flexibility index (Phi) is 56.2. The van der Waals surface area contributed by atoms with E-state index in [9.17, 15) is 30.3 Å². The maximum absolute atomic E-state index is 9.57. The summed E-state index contributed by atoms with van der Waals surface area (Å²) in [7, 11) is 0. The van der Waals surface area contributed by atoms with E-state index >= 15 is 0 Å². The van der Waals surface area contributed by atoms with Gasteiger partial charge in [0.1, 0.15) is 0 Å². The van der Waals surface area contributed by atoms with Crippen molar-refractivity contribution in [1.29, 1.82) is 0 Å². The Morgan fingerprint density at radius 2 is 0.688 bits per heavy atom. The van der Waals surface area contributed by atoms with Crippen molar-refractivity contribution in [2.75, 3.05) is 0 Å². The van der Waals surface area contributed by atoms with Crippen LogP contribution in [0.2, 0.25) is 0 Å². The Labute approximate surface area is 95.6 Å². The molecule has 0 aliphatic rings. The van der Waals surface area contributed by atoms with Crippen molar-refractivity contribution in [2.24, 2.45) is 0 Å². The van der Waals surface area contributed by atoms with Gasteiger partial charge in [-0.05, 0) is 0 Å². The van der Waals surface area contributed by atoms with Crippen molar-refractivity contribution in [1.82, 2.24) is 36.9 Å². The molecule has 0 spiro atoms. The number of rotatable bonds is 3. The molecule has 0 atom stereocenters. The summed E-state index contributed by atoms with van der Waals surface area (Å²) in [6, 6.07) is 0. The van der Waals surface area contributed by atoms with Crippen LogP contribution in [0.5, 0.6) is 0 Å². The molecule has 0 aromatic heterocycles. The zero-order valence-electron chi connectivity index (χ0n) is 8.39. The summed E-state index contributed by atoms with van der Waals surface area (Å²) in [6.45, 7) is 0. The summed E-state index contributed by atoms with van der Waals surface area (Å²) >= 11 is -4.33. The molecule has 0 heterocycles. The van der Waals surface area contributed by atoms with Crippen molar-refractivity contribution in [2.45, 2.75) is 0 Å². The molecular formula is H18N9O6Ru. The van der Waals surface area contributed by atoms with Gasteiger partial charge in [-0.3, -0.25) is 0 Å². The molecule has 107 valence electrons. The van der Waals surface area contributed by atoms with E-state index in [-0.39, 0.29) is 36.9 Å². The van der Waals surface area contributed by atoms with Crippen molar-refractivity contribution in [3.8, 4) is 0 Å². The van der Waals surface area contributed by atoms with E-state index in [4.69, 9.17) is 0 Å². The van der Waals surface area contributed by atoms with Gasteiger partial charge in [-0.1, -0.05) is 0 Å². The summed E-state index contributed by atoms with van der Waals surface area (Å²) in [6.07, 6.45) is 0. The molecule has 0 fully saturated rings. The minimum atomic E-state index is -4.33. The normalized spacial score (nSPS) is 6.38. The van der Waals surface area contributed by atoms with Crippen LogP contribution in [0.15, 0.2) is 0 Å². The van der Waals surface area contributed by atoms with Crippen LogP contribution in [-0.2, 0) is 16.7 Å². The predicted octanol–water partition coefficient (Wildman–Crippen LogP) is 0.152. The van der Waals surface area contributed by atoms with Crippen molar-refractivity contribution in [3.05, 3.63) is 30.3 Å². The molecule has 0 saturated heterocycles. The number of hydrogen-bond acceptors (Lipinski definition) is 12. The number of nitrogens with zero attached hydrogens (tertiary/aromatic N) is 3. The summed E-state index contributed by atoms with van der Waals surface area (Å²) in [4.78, 5) is 28.7. The first-order valence-electron chi connectivity index (χ1n) is 1.57. The Morgan fingerprint density at radius 1 is 0.562 bits per heavy atom. The van der Waals surface area contributed by atoms with Crippen LogP contribution >= 0.6 is 0 Å². The van der Waals surface area contributed by atoms with Crippen molar-refractivity contribution in [3.63, 3.8) is 0 Å². The summed E-state index contributed by atoms with van der Waals surface area (Å²) < 4.78 is -4.32. The molecule has 15 nitrogen and oxygen atoms in total. The molecule has 0 rings (SSSR count). The van der Waals surface area contributed by atoms with Crippen LogP contribution in [0.25, 0.3) is 0 Å². The predicted molar refractivity (Wildman–Crippen MR) is 51.1 cm³/mol.